The third kappa shape index (κ3) is 4.44. The zero-order chi connectivity index (χ0) is 15.9. The van der Waals surface area contributed by atoms with Gasteiger partial charge in [0.05, 0.1) is 12.8 Å². The molecule has 2 rings (SSSR count). The molecule has 1 heterocycles. The van der Waals surface area contributed by atoms with E-state index in [2.05, 4.69) is 15.3 Å². The van der Waals surface area contributed by atoms with Crippen molar-refractivity contribution in [3.63, 3.8) is 0 Å². The van der Waals surface area contributed by atoms with Gasteiger partial charge in [0.25, 0.3) is 0 Å². The molecule has 116 valence electrons. The van der Waals surface area contributed by atoms with E-state index in [0.29, 0.717) is 24.6 Å². The summed E-state index contributed by atoms with van der Waals surface area (Å²) < 4.78 is 5.14. The third-order valence-electron chi connectivity index (χ3n) is 3.10. The van der Waals surface area contributed by atoms with Crippen LogP contribution in [-0.4, -0.2) is 34.7 Å². The van der Waals surface area contributed by atoms with Crippen LogP contribution < -0.4 is 10.1 Å². The minimum absolute atomic E-state index is 0.141. The van der Waals surface area contributed by atoms with Gasteiger partial charge in [-0.1, -0.05) is 0 Å². The molecular weight excluding hydrogens is 282 g/mol. The van der Waals surface area contributed by atoms with Crippen molar-refractivity contribution >= 4 is 11.8 Å². The first-order valence-electron chi connectivity index (χ1n) is 7.04. The van der Waals surface area contributed by atoms with E-state index >= 15 is 0 Å². The van der Waals surface area contributed by atoms with E-state index in [1.165, 1.54) is 0 Å². The molecule has 6 nitrogen and oxygen atoms in total. The molecule has 0 bridgehead atoms. The molecule has 0 atom stereocenters. The standard InChI is InChI=1S/C16H19N3O3/c1-11-18-14(12-5-7-13(22-2)8-6-12)10-15(19-11)17-9-3-4-16(20)21/h5-8,10H,3-4,9H2,1-2H3,(H,20,21)(H,17,18,19). The van der Waals surface area contributed by atoms with Gasteiger partial charge in [0.15, 0.2) is 0 Å². The van der Waals surface area contributed by atoms with Gasteiger partial charge >= 0.3 is 5.97 Å². The number of carbonyl (C=O) groups is 1. The first-order valence-corrected chi connectivity index (χ1v) is 7.04. The van der Waals surface area contributed by atoms with Crippen molar-refractivity contribution in [1.82, 2.24) is 9.97 Å². The number of aryl methyl sites for hydroxylation is 1. The highest BCUT2D eigenvalue weighted by atomic mass is 16.5. The van der Waals surface area contributed by atoms with E-state index in [4.69, 9.17) is 9.84 Å². The molecule has 0 amide bonds. The van der Waals surface area contributed by atoms with Crippen LogP contribution in [0.5, 0.6) is 5.75 Å². The average Bonchev–Trinajstić information content (AvgIpc) is 2.51. The number of carboxylic acids is 1. The van der Waals surface area contributed by atoms with E-state index in [0.717, 1.165) is 17.0 Å². The normalized spacial score (nSPS) is 10.3. The lowest BCUT2D eigenvalue weighted by molar-refractivity contribution is -0.137. The first-order chi connectivity index (χ1) is 10.6. The molecule has 0 unspecified atom stereocenters. The zero-order valence-corrected chi connectivity index (χ0v) is 12.7. The van der Waals surface area contributed by atoms with Crippen molar-refractivity contribution in [1.29, 1.82) is 0 Å². The minimum Gasteiger partial charge on any atom is -0.497 e. The zero-order valence-electron chi connectivity index (χ0n) is 12.7. The van der Waals surface area contributed by atoms with Crippen LogP contribution in [0.4, 0.5) is 5.82 Å². The highest BCUT2D eigenvalue weighted by Gasteiger charge is 2.05. The lowest BCUT2D eigenvalue weighted by atomic mass is 10.1. The van der Waals surface area contributed by atoms with Crippen molar-refractivity contribution in [2.24, 2.45) is 0 Å². The Balaban J connectivity index is 2.10. The number of hydrogen-bond acceptors (Lipinski definition) is 5. The monoisotopic (exact) mass is 301 g/mol. The maximum atomic E-state index is 10.5. The molecule has 0 aliphatic rings. The number of anilines is 1. The van der Waals surface area contributed by atoms with Gasteiger partial charge in [-0.15, -0.1) is 0 Å². The molecule has 22 heavy (non-hydrogen) atoms. The van der Waals surface area contributed by atoms with Crippen LogP contribution in [0.3, 0.4) is 0 Å². The second-order valence-corrected chi connectivity index (χ2v) is 4.84. The summed E-state index contributed by atoms with van der Waals surface area (Å²) in [6, 6.07) is 9.50. The Bertz CT molecular complexity index is 642. The van der Waals surface area contributed by atoms with Gasteiger partial charge in [-0.2, -0.15) is 0 Å². The summed E-state index contributed by atoms with van der Waals surface area (Å²) in [5.41, 5.74) is 1.79. The van der Waals surface area contributed by atoms with Crippen molar-refractivity contribution in [3.05, 3.63) is 36.2 Å². The van der Waals surface area contributed by atoms with Crippen LogP contribution in [0.2, 0.25) is 0 Å². The van der Waals surface area contributed by atoms with Gasteiger partial charge in [0.2, 0.25) is 0 Å². The minimum atomic E-state index is -0.792. The van der Waals surface area contributed by atoms with Gasteiger partial charge in [-0.05, 0) is 37.6 Å². The Morgan fingerprint density at radius 2 is 2.00 bits per heavy atom. The number of benzene rings is 1. The SMILES string of the molecule is COc1ccc(-c2cc(NCCCC(=O)O)nc(C)n2)cc1. The second kappa shape index (κ2) is 7.40. The highest BCUT2D eigenvalue weighted by Crippen LogP contribution is 2.22. The van der Waals surface area contributed by atoms with Gasteiger partial charge in [-0.3, -0.25) is 4.79 Å². The number of rotatable bonds is 7. The van der Waals surface area contributed by atoms with Crippen molar-refractivity contribution in [2.75, 3.05) is 19.0 Å². The topological polar surface area (TPSA) is 84.3 Å². The van der Waals surface area contributed by atoms with Crippen LogP contribution in [0.25, 0.3) is 11.3 Å². The summed E-state index contributed by atoms with van der Waals surface area (Å²) in [4.78, 5) is 19.2. The molecule has 6 heteroatoms. The number of nitrogens with one attached hydrogen (secondary N) is 1. The van der Waals surface area contributed by atoms with Gasteiger partial charge in [-0.25, -0.2) is 9.97 Å². The number of ether oxygens (including phenoxy) is 1. The fourth-order valence-corrected chi connectivity index (χ4v) is 2.02. The maximum Gasteiger partial charge on any atom is 0.303 e. The first kappa shape index (κ1) is 15.8. The number of hydrogen-bond donors (Lipinski definition) is 2. The van der Waals surface area contributed by atoms with E-state index in [-0.39, 0.29) is 6.42 Å². The molecule has 0 aliphatic heterocycles. The number of nitrogens with zero attached hydrogens (tertiary/aromatic N) is 2. The summed E-state index contributed by atoms with van der Waals surface area (Å²) in [6.45, 7) is 2.39. The van der Waals surface area contributed by atoms with Crippen LogP contribution in [-0.2, 0) is 4.79 Å². The highest BCUT2D eigenvalue weighted by molar-refractivity contribution is 5.66. The van der Waals surface area contributed by atoms with E-state index < -0.39 is 5.97 Å². The predicted octanol–water partition coefficient (Wildman–Crippen LogP) is 2.74. The largest absolute Gasteiger partial charge is 0.497 e. The molecule has 0 spiro atoms. The average molecular weight is 301 g/mol. The number of methoxy groups -OCH3 is 1. The van der Waals surface area contributed by atoms with Crippen LogP contribution >= 0.6 is 0 Å². The second-order valence-electron chi connectivity index (χ2n) is 4.84. The Morgan fingerprint density at radius 3 is 2.64 bits per heavy atom. The number of aromatic nitrogens is 2. The molecule has 0 radical (unpaired) electrons. The van der Waals surface area contributed by atoms with E-state index in [1.807, 2.05) is 37.3 Å². The molecule has 1 aromatic heterocycles. The van der Waals surface area contributed by atoms with Crippen LogP contribution in [0.1, 0.15) is 18.7 Å². The summed E-state index contributed by atoms with van der Waals surface area (Å²) in [7, 11) is 1.63. The molecule has 0 fully saturated rings. The molecule has 2 N–H and O–H groups in total. The molecule has 0 saturated carbocycles. The third-order valence-corrected chi connectivity index (χ3v) is 3.10. The Labute approximate surface area is 129 Å². The lowest BCUT2D eigenvalue weighted by Gasteiger charge is -2.09. The van der Waals surface area contributed by atoms with Crippen molar-refractivity contribution in [2.45, 2.75) is 19.8 Å². The maximum absolute atomic E-state index is 10.5. The van der Waals surface area contributed by atoms with Crippen LogP contribution in [0, 0.1) is 6.92 Å². The fraction of sp³-hybridized carbons (Fsp3) is 0.312. The summed E-state index contributed by atoms with van der Waals surface area (Å²) >= 11 is 0. The van der Waals surface area contributed by atoms with E-state index in [9.17, 15) is 4.79 Å². The smallest absolute Gasteiger partial charge is 0.303 e. The van der Waals surface area contributed by atoms with Gasteiger partial charge in [0.1, 0.15) is 17.4 Å². The molecule has 2 aromatic rings. The molecule has 0 aliphatic carbocycles. The van der Waals surface area contributed by atoms with Gasteiger partial charge in [0, 0.05) is 24.6 Å². The summed E-state index contributed by atoms with van der Waals surface area (Å²) in [5, 5.41) is 11.8. The predicted molar refractivity (Wildman–Crippen MR) is 84.1 cm³/mol. The number of aliphatic carboxylic acids is 1. The summed E-state index contributed by atoms with van der Waals surface area (Å²) in [6.07, 6.45) is 0.693. The Hall–Kier alpha value is -2.63. The van der Waals surface area contributed by atoms with Crippen molar-refractivity contribution in [3.8, 4) is 17.0 Å². The van der Waals surface area contributed by atoms with Gasteiger partial charge < -0.3 is 15.2 Å². The lowest BCUT2D eigenvalue weighted by Crippen LogP contribution is -2.07. The Morgan fingerprint density at radius 1 is 1.27 bits per heavy atom. The molecule has 1 aromatic carbocycles. The fourth-order valence-electron chi connectivity index (χ4n) is 2.02. The quantitative estimate of drug-likeness (QED) is 0.765. The van der Waals surface area contributed by atoms with Crippen LogP contribution in [0.15, 0.2) is 30.3 Å². The van der Waals surface area contributed by atoms with E-state index in [1.54, 1.807) is 7.11 Å². The number of carboxylic acid groups (broad SMARTS) is 1. The summed E-state index contributed by atoms with van der Waals surface area (Å²) in [5.74, 6) is 1.36. The Kier molecular flexibility index (Phi) is 5.30. The molecular formula is C16H19N3O3. The molecule has 0 saturated heterocycles. The van der Waals surface area contributed by atoms with Crippen molar-refractivity contribution < 1.29 is 14.6 Å².